The summed E-state index contributed by atoms with van der Waals surface area (Å²) in [7, 11) is 0. The monoisotopic (exact) mass is 343 g/mol. The Labute approximate surface area is 147 Å². The number of benzene rings is 1. The number of carbonyl (C=O) groups excluding carboxylic acids is 3. The predicted octanol–water partition coefficient (Wildman–Crippen LogP) is 1.95. The van der Waals surface area contributed by atoms with Crippen molar-refractivity contribution in [2.45, 2.75) is 46.1 Å². The van der Waals surface area contributed by atoms with E-state index in [2.05, 4.69) is 26.1 Å². The maximum atomic E-state index is 12.6. The molecule has 2 bridgehead atoms. The molecule has 1 aliphatic heterocycles. The lowest BCUT2D eigenvalue weighted by Crippen LogP contribution is -2.47. The number of nitrogens with two attached hydrogens (primary N) is 1. The summed E-state index contributed by atoms with van der Waals surface area (Å²) >= 11 is 0. The van der Waals surface area contributed by atoms with E-state index in [4.69, 9.17) is 5.73 Å². The molecule has 6 heteroatoms. The van der Waals surface area contributed by atoms with Gasteiger partial charge in [0.2, 0.25) is 0 Å². The molecule has 1 saturated carbocycles. The van der Waals surface area contributed by atoms with Crippen LogP contribution in [0, 0.1) is 10.8 Å². The number of rotatable bonds is 1. The molecule has 3 rings (SSSR count). The summed E-state index contributed by atoms with van der Waals surface area (Å²) in [6.45, 7) is 7.14. The first kappa shape index (κ1) is 17.5. The van der Waals surface area contributed by atoms with Gasteiger partial charge in [0, 0.05) is 18.3 Å². The first-order valence-electron chi connectivity index (χ1n) is 8.61. The molecule has 1 aliphatic carbocycles. The van der Waals surface area contributed by atoms with Crippen LogP contribution in [0.1, 0.15) is 50.4 Å². The predicted molar refractivity (Wildman–Crippen MR) is 94.6 cm³/mol. The first-order chi connectivity index (χ1) is 11.6. The van der Waals surface area contributed by atoms with Crippen LogP contribution in [0.3, 0.4) is 0 Å². The zero-order valence-electron chi connectivity index (χ0n) is 15.0. The number of likely N-dealkylation sites (tertiary alicyclic amines) is 1. The smallest absolute Gasteiger partial charge is 0.316 e. The van der Waals surface area contributed by atoms with Crippen molar-refractivity contribution >= 4 is 23.4 Å². The van der Waals surface area contributed by atoms with Crippen LogP contribution in [0.2, 0.25) is 0 Å². The molecule has 2 unspecified atom stereocenters. The van der Waals surface area contributed by atoms with E-state index in [1.807, 2.05) is 0 Å². The topological polar surface area (TPSA) is 92.5 Å². The van der Waals surface area contributed by atoms with Crippen molar-refractivity contribution in [3.05, 3.63) is 29.8 Å². The fourth-order valence-electron chi connectivity index (χ4n) is 4.76. The lowest BCUT2D eigenvalue weighted by molar-refractivity contribution is -0.146. The lowest BCUT2D eigenvalue weighted by atomic mass is 9.65. The Morgan fingerprint density at radius 3 is 2.52 bits per heavy atom. The number of nitrogens with one attached hydrogen (secondary N) is 1. The summed E-state index contributed by atoms with van der Waals surface area (Å²) in [5.41, 5.74) is 6.39. The van der Waals surface area contributed by atoms with E-state index in [1.54, 1.807) is 23.1 Å². The van der Waals surface area contributed by atoms with Gasteiger partial charge in [0.15, 0.2) is 0 Å². The molecule has 0 spiro atoms. The van der Waals surface area contributed by atoms with E-state index in [0.717, 1.165) is 19.3 Å². The van der Waals surface area contributed by atoms with E-state index in [1.165, 1.54) is 6.07 Å². The Kier molecular flexibility index (Phi) is 4.09. The Balaban J connectivity index is 1.70. The van der Waals surface area contributed by atoms with Gasteiger partial charge in [-0.25, -0.2) is 0 Å². The number of carbonyl (C=O) groups is 3. The molecule has 134 valence electrons. The van der Waals surface area contributed by atoms with Gasteiger partial charge in [-0.3, -0.25) is 19.7 Å². The molecule has 3 amide bonds. The third-order valence-electron chi connectivity index (χ3n) is 5.30. The molecule has 2 fully saturated rings. The summed E-state index contributed by atoms with van der Waals surface area (Å²) in [6.07, 6.45) is 2.82. The minimum atomic E-state index is -0.887. The van der Waals surface area contributed by atoms with Crippen LogP contribution < -0.4 is 11.1 Å². The standard InChI is InChI=1S/C19H25N3O3/c1-18(2)8-12-9-19(3,10-18)11-22(12)17(25)16(24)21-15(23)13-6-4-5-7-14(13)20/h4-7,12H,8-11,20H2,1-3H3,(H,21,23,24). The molecule has 3 N–H and O–H groups in total. The van der Waals surface area contributed by atoms with E-state index < -0.39 is 17.7 Å². The highest BCUT2D eigenvalue weighted by molar-refractivity contribution is 6.38. The maximum absolute atomic E-state index is 12.6. The molecule has 25 heavy (non-hydrogen) atoms. The number of nitrogens with zero attached hydrogens (tertiary/aromatic N) is 1. The van der Waals surface area contributed by atoms with Gasteiger partial charge in [0.05, 0.1) is 5.56 Å². The van der Waals surface area contributed by atoms with Crippen LogP contribution in [0.15, 0.2) is 24.3 Å². The van der Waals surface area contributed by atoms with Gasteiger partial charge in [-0.05, 0) is 42.2 Å². The third kappa shape index (κ3) is 3.38. The number of imide groups is 1. The second-order valence-corrected chi connectivity index (χ2v) is 8.52. The molecule has 1 saturated heterocycles. The fourth-order valence-corrected chi connectivity index (χ4v) is 4.76. The number of hydrogen-bond donors (Lipinski definition) is 2. The molecule has 0 radical (unpaired) electrons. The van der Waals surface area contributed by atoms with E-state index in [0.29, 0.717) is 6.54 Å². The Morgan fingerprint density at radius 1 is 1.16 bits per heavy atom. The van der Waals surface area contributed by atoms with Crippen molar-refractivity contribution in [1.82, 2.24) is 10.2 Å². The Bertz CT molecular complexity index is 743. The van der Waals surface area contributed by atoms with Crippen molar-refractivity contribution in [2.75, 3.05) is 12.3 Å². The number of nitrogen functional groups attached to an aromatic ring is 1. The largest absolute Gasteiger partial charge is 0.398 e. The third-order valence-corrected chi connectivity index (χ3v) is 5.30. The SMILES string of the molecule is CC1(C)CC2CC(C)(CN2C(=O)C(=O)NC(=O)c2ccccc2N)C1. The summed E-state index contributed by atoms with van der Waals surface area (Å²) < 4.78 is 0. The average Bonchev–Trinajstić information content (AvgIpc) is 2.75. The van der Waals surface area contributed by atoms with Gasteiger partial charge in [0.1, 0.15) is 0 Å². The molecule has 1 aromatic carbocycles. The van der Waals surface area contributed by atoms with Crippen molar-refractivity contribution in [2.24, 2.45) is 10.8 Å². The Hall–Kier alpha value is -2.37. The van der Waals surface area contributed by atoms with Crippen LogP contribution in [-0.2, 0) is 9.59 Å². The summed E-state index contributed by atoms with van der Waals surface area (Å²) in [6, 6.07) is 6.52. The highest BCUT2D eigenvalue weighted by atomic mass is 16.2. The molecule has 1 heterocycles. The van der Waals surface area contributed by atoms with Crippen molar-refractivity contribution in [3.8, 4) is 0 Å². The number of fused-ring (bicyclic) bond motifs is 2. The quantitative estimate of drug-likeness (QED) is 0.602. The lowest BCUT2D eigenvalue weighted by Gasteiger charge is -2.39. The molecular formula is C19H25N3O3. The van der Waals surface area contributed by atoms with Crippen LogP contribution in [0.5, 0.6) is 0 Å². The molecule has 2 atom stereocenters. The van der Waals surface area contributed by atoms with Crippen molar-refractivity contribution in [1.29, 1.82) is 0 Å². The van der Waals surface area contributed by atoms with Crippen molar-refractivity contribution in [3.63, 3.8) is 0 Å². The number of hydrogen-bond acceptors (Lipinski definition) is 4. The highest BCUT2D eigenvalue weighted by Gasteiger charge is 2.51. The molecule has 6 nitrogen and oxygen atoms in total. The van der Waals surface area contributed by atoms with E-state index >= 15 is 0 Å². The highest BCUT2D eigenvalue weighted by Crippen LogP contribution is 2.52. The second kappa shape index (κ2) is 5.86. The number of para-hydroxylation sites is 1. The normalized spacial score (nSPS) is 27.0. The van der Waals surface area contributed by atoms with Crippen LogP contribution in [0.4, 0.5) is 5.69 Å². The van der Waals surface area contributed by atoms with Crippen LogP contribution >= 0.6 is 0 Å². The molecule has 0 aromatic heterocycles. The maximum Gasteiger partial charge on any atom is 0.316 e. The molecule has 1 aromatic rings. The van der Waals surface area contributed by atoms with E-state index in [-0.39, 0.29) is 28.1 Å². The zero-order chi connectivity index (χ0) is 18.4. The molecular weight excluding hydrogens is 318 g/mol. The summed E-state index contributed by atoms with van der Waals surface area (Å²) in [5.74, 6) is -2.17. The van der Waals surface area contributed by atoms with Crippen LogP contribution in [0.25, 0.3) is 0 Å². The van der Waals surface area contributed by atoms with Gasteiger partial charge in [-0.15, -0.1) is 0 Å². The van der Waals surface area contributed by atoms with Gasteiger partial charge in [-0.2, -0.15) is 0 Å². The molecule has 2 aliphatic rings. The summed E-state index contributed by atoms with van der Waals surface area (Å²) in [4.78, 5) is 38.8. The van der Waals surface area contributed by atoms with Gasteiger partial charge >= 0.3 is 11.8 Å². The van der Waals surface area contributed by atoms with Crippen LogP contribution in [-0.4, -0.2) is 35.2 Å². The van der Waals surface area contributed by atoms with E-state index in [9.17, 15) is 14.4 Å². The number of anilines is 1. The summed E-state index contributed by atoms with van der Waals surface area (Å²) in [5, 5.41) is 2.18. The average molecular weight is 343 g/mol. The first-order valence-corrected chi connectivity index (χ1v) is 8.61. The fraction of sp³-hybridized carbons (Fsp3) is 0.526. The van der Waals surface area contributed by atoms with Gasteiger partial charge < -0.3 is 10.6 Å². The van der Waals surface area contributed by atoms with Gasteiger partial charge in [-0.1, -0.05) is 32.9 Å². The Morgan fingerprint density at radius 2 is 1.84 bits per heavy atom. The van der Waals surface area contributed by atoms with Crippen molar-refractivity contribution < 1.29 is 14.4 Å². The van der Waals surface area contributed by atoms with Gasteiger partial charge in [0.25, 0.3) is 5.91 Å². The zero-order valence-corrected chi connectivity index (χ0v) is 15.0. The minimum absolute atomic E-state index is 0.0379. The second-order valence-electron chi connectivity index (χ2n) is 8.52. The minimum Gasteiger partial charge on any atom is -0.398 e. The number of amides is 3.